The minimum atomic E-state index is -4.22. The number of ether oxygens (including phenoxy) is 1. The van der Waals surface area contributed by atoms with Gasteiger partial charge in [-0.3, -0.25) is 0 Å². The summed E-state index contributed by atoms with van der Waals surface area (Å²) in [5, 5.41) is 20.5. The molecule has 0 radical (unpaired) electrons. The van der Waals surface area contributed by atoms with Gasteiger partial charge in [0.2, 0.25) is 10.0 Å². The maximum Gasteiger partial charge on any atom is 0.387 e. The molecule has 6 nitrogen and oxygen atoms in total. The number of rotatable bonds is 5. The number of nitrogens with zero attached hydrogens (tertiary/aromatic N) is 1. The van der Waals surface area contributed by atoms with Crippen LogP contribution in [0.3, 0.4) is 0 Å². The molecule has 28 heavy (non-hydrogen) atoms. The van der Waals surface area contributed by atoms with Crippen molar-refractivity contribution in [3.05, 3.63) is 58.4 Å². The van der Waals surface area contributed by atoms with Crippen LogP contribution in [0.2, 0.25) is 5.02 Å². The zero-order chi connectivity index (χ0) is 20.6. The number of hydrogen-bond donors (Lipinski definition) is 2. The van der Waals surface area contributed by atoms with E-state index < -0.39 is 53.5 Å². The minimum Gasteiger partial charge on any atom is -0.435 e. The van der Waals surface area contributed by atoms with Crippen molar-refractivity contribution in [1.29, 1.82) is 0 Å². The van der Waals surface area contributed by atoms with Crippen molar-refractivity contribution in [2.45, 2.75) is 30.2 Å². The van der Waals surface area contributed by atoms with Gasteiger partial charge >= 0.3 is 6.61 Å². The van der Waals surface area contributed by atoms with Crippen molar-refractivity contribution in [2.75, 3.05) is 6.61 Å². The van der Waals surface area contributed by atoms with Crippen LogP contribution in [0.5, 0.6) is 5.75 Å². The highest BCUT2D eigenvalue weighted by Crippen LogP contribution is 2.38. The summed E-state index contributed by atoms with van der Waals surface area (Å²) < 4.78 is 70.1. The van der Waals surface area contributed by atoms with Crippen LogP contribution in [0.1, 0.15) is 17.2 Å². The molecule has 0 aromatic heterocycles. The molecule has 0 aliphatic carbocycles. The Labute approximate surface area is 163 Å². The van der Waals surface area contributed by atoms with E-state index in [0.717, 1.165) is 10.4 Å². The molecule has 0 amide bonds. The van der Waals surface area contributed by atoms with Gasteiger partial charge in [0.25, 0.3) is 0 Å². The second-order valence-electron chi connectivity index (χ2n) is 6.05. The fourth-order valence-corrected chi connectivity index (χ4v) is 4.78. The Hall–Kier alpha value is -1.85. The molecule has 0 bridgehead atoms. The topological polar surface area (TPSA) is 87.1 Å². The van der Waals surface area contributed by atoms with Gasteiger partial charge in [0.05, 0.1) is 23.6 Å². The lowest BCUT2D eigenvalue weighted by Crippen LogP contribution is -2.48. The van der Waals surface area contributed by atoms with E-state index in [4.69, 9.17) is 11.6 Å². The summed E-state index contributed by atoms with van der Waals surface area (Å²) in [5.41, 5.74) is -0.325. The van der Waals surface area contributed by atoms with Crippen LogP contribution in [0.4, 0.5) is 13.2 Å². The molecule has 0 spiro atoms. The van der Waals surface area contributed by atoms with Gasteiger partial charge in [0, 0.05) is 23.2 Å². The van der Waals surface area contributed by atoms with Crippen LogP contribution < -0.4 is 4.74 Å². The lowest BCUT2D eigenvalue weighted by molar-refractivity contribution is -0.0504. The van der Waals surface area contributed by atoms with E-state index in [0.29, 0.717) is 11.1 Å². The molecule has 2 aromatic rings. The Morgan fingerprint density at radius 2 is 1.89 bits per heavy atom. The third-order valence-corrected chi connectivity index (χ3v) is 6.54. The number of benzene rings is 2. The highest BCUT2D eigenvalue weighted by atomic mass is 35.5. The zero-order valence-corrected chi connectivity index (χ0v) is 15.7. The zero-order valence-electron chi connectivity index (χ0n) is 14.1. The van der Waals surface area contributed by atoms with Gasteiger partial charge in [-0.2, -0.15) is 13.1 Å². The summed E-state index contributed by atoms with van der Waals surface area (Å²) in [7, 11) is -4.22. The van der Waals surface area contributed by atoms with Gasteiger partial charge < -0.3 is 14.9 Å². The lowest BCUT2D eigenvalue weighted by atomic mass is 9.92. The molecule has 3 rings (SSSR count). The van der Waals surface area contributed by atoms with Gasteiger partial charge in [-0.05, 0) is 35.9 Å². The van der Waals surface area contributed by atoms with Crippen LogP contribution in [0, 0.1) is 5.82 Å². The molecule has 0 saturated carbocycles. The first-order valence-corrected chi connectivity index (χ1v) is 9.80. The predicted octanol–water partition coefficient (Wildman–Crippen LogP) is 2.68. The van der Waals surface area contributed by atoms with Gasteiger partial charge in [-0.1, -0.05) is 11.6 Å². The van der Waals surface area contributed by atoms with Crippen LogP contribution in [-0.4, -0.2) is 42.2 Å². The number of fused-ring (bicyclic) bond motifs is 1. The summed E-state index contributed by atoms with van der Waals surface area (Å²) in [4.78, 5) is -0.163. The number of halogens is 4. The fourth-order valence-electron chi connectivity index (χ4n) is 3.07. The molecule has 1 heterocycles. The molecule has 11 heteroatoms. The van der Waals surface area contributed by atoms with E-state index in [1.54, 1.807) is 0 Å². The maximum absolute atomic E-state index is 14.5. The summed E-state index contributed by atoms with van der Waals surface area (Å²) in [6.07, 6.45) is -1.66. The Balaban J connectivity index is 2.06. The van der Waals surface area contributed by atoms with Gasteiger partial charge in [-0.15, -0.1) is 0 Å². The first-order valence-electron chi connectivity index (χ1n) is 7.98. The highest BCUT2D eigenvalue weighted by molar-refractivity contribution is 7.89. The number of sulfonamides is 1. The van der Waals surface area contributed by atoms with E-state index >= 15 is 0 Å². The average molecular weight is 438 g/mol. The molecular weight excluding hydrogens is 423 g/mol. The van der Waals surface area contributed by atoms with Crippen molar-refractivity contribution >= 4 is 21.6 Å². The molecule has 1 aliphatic heterocycles. The molecule has 0 saturated heterocycles. The third-order valence-electron chi connectivity index (χ3n) is 4.40. The van der Waals surface area contributed by atoms with Gasteiger partial charge in [-0.25, -0.2) is 12.8 Å². The molecule has 1 aliphatic rings. The first kappa shape index (κ1) is 20.9. The van der Waals surface area contributed by atoms with Crippen LogP contribution in [-0.2, 0) is 16.6 Å². The number of alkyl halides is 2. The third kappa shape index (κ3) is 3.83. The Morgan fingerprint density at radius 1 is 1.25 bits per heavy atom. The monoisotopic (exact) mass is 437 g/mol. The van der Waals surface area contributed by atoms with E-state index in [1.807, 2.05) is 0 Å². The molecule has 2 N–H and O–H groups in total. The Bertz CT molecular complexity index is 972. The van der Waals surface area contributed by atoms with E-state index in [1.165, 1.54) is 24.3 Å². The van der Waals surface area contributed by atoms with Crippen LogP contribution in [0.25, 0.3) is 0 Å². The summed E-state index contributed by atoms with van der Waals surface area (Å²) >= 11 is 5.76. The van der Waals surface area contributed by atoms with Crippen LogP contribution >= 0.6 is 11.6 Å². The maximum atomic E-state index is 14.5. The summed E-state index contributed by atoms with van der Waals surface area (Å²) in [6, 6.07) is 5.52. The first-order chi connectivity index (χ1) is 13.1. The van der Waals surface area contributed by atoms with Gasteiger partial charge in [0.1, 0.15) is 11.6 Å². The number of hydrogen-bond acceptors (Lipinski definition) is 5. The number of aliphatic hydroxyl groups excluding tert-OH is 2. The highest BCUT2D eigenvalue weighted by Gasteiger charge is 2.42. The predicted molar refractivity (Wildman–Crippen MR) is 93.0 cm³/mol. The minimum absolute atomic E-state index is 0.128. The van der Waals surface area contributed by atoms with E-state index in [9.17, 15) is 31.8 Å². The smallest absolute Gasteiger partial charge is 0.387 e. The molecule has 2 atom stereocenters. The number of aliphatic hydroxyl groups is 2. The van der Waals surface area contributed by atoms with E-state index in [2.05, 4.69) is 4.74 Å². The lowest BCUT2D eigenvalue weighted by Gasteiger charge is -2.38. The summed E-state index contributed by atoms with van der Waals surface area (Å²) in [6.45, 7) is -4.49. The average Bonchev–Trinajstić information content (AvgIpc) is 2.62. The molecule has 1 unspecified atom stereocenters. The second-order valence-corrected chi connectivity index (χ2v) is 8.38. The van der Waals surface area contributed by atoms with E-state index in [-0.39, 0.29) is 16.0 Å². The van der Waals surface area contributed by atoms with Crippen LogP contribution in [0.15, 0.2) is 41.3 Å². The largest absolute Gasteiger partial charge is 0.435 e. The van der Waals surface area contributed by atoms with Crippen molar-refractivity contribution in [3.63, 3.8) is 0 Å². The molecule has 152 valence electrons. The standard InChI is InChI=1S/C17H15ClF3NO5S/c18-9-1-3-11(4-2-9)28(25,26)22-7-13-12(16(24)15(22)8-23)5-10(6-14(13)19)27-17(20)21/h1-6,15-17,23-24H,7-8H2/t15?,16-/m0/s1. The van der Waals surface area contributed by atoms with Gasteiger partial charge in [0.15, 0.2) is 0 Å². The van der Waals surface area contributed by atoms with Crippen molar-refractivity contribution < 1.29 is 36.5 Å². The normalized spacial score (nSPS) is 20.2. The molecular formula is C17H15ClF3NO5S. The molecule has 0 fully saturated rings. The second kappa shape index (κ2) is 7.88. The van der Waals surface area contributed by atoms with Crippen molar-refractivity contribution in [2.24, 2.45) is 0 Å². The van der Waals surface area contributed by atoms with Crippen molar-refractivity contribution in [1.82, 2.24) is 4.31 Å². The quantitative estimate of drug-likeness (QED) is 0.751. The SMILES string of the molecule is O=S(=O)(c1ccc(Cl)cc1)N1Cc2c(F)cc(OC(F)F)cc2[C@H](O)C1CO. The van der Waals surface area contributed by atoms with Crippen molar-refractivity contribution in [3.8, 4) is 5.75 Å². The molecule has 2 aromatic carbocycles. The fraction of sp³-hybridized carbons (Fsp3) is 0.294. The summed E-state index contributed by atoms with van der Waals surface area (Å²) in [5.74, 6) is -1.53. The Morgan fingerprint density at radius 3 is 2.46 bits per heavy atom. The Kier molecular flexibility index (Phi) is 5.87.